The number of sulfonamides is 2. The molecule has 22 nitrogen and oxygen atoms in total. The van der Waals surface area contributed by atoms with Crippen LogP contribution in [0.1, 0.15) is 48.9 Å². The number of para-hydroxylation sites is 3. The number of benzodiazepines with no additional fused rings is 2. The average molecular weight is 1240 g/mol. The maximum atomic E-state index is 14.3. The van der Waals surface area contributed by atoms with Crippen molar-refractivity contribution < 1.29 is 55.2 Å². The number of nitrogens with zero attached hydrogens (tertiary/aromatic N) is 6. The van der Waals surface area contributed by atoms with Gasteiger partial charge in [-0.05, 0) is 50.2 Å². The number of amides is 4. The molecule has 454 valence electrons. The van der Waals surface area contributed by atoms with E-state index in [1.165, 1.54) is 32.2 Å². The molecule has 2 aliphatic rings. The van der Waals surface area contributed by atoms with E-state index in [1.807, 2.05) is 43.3 Å². The summed E-state index contributed by atoms with van der Waals surface area (Å²) in [5.41, 5.74) is 4.57. The van der Waals surface area contributed by atoms with Crippen LogP contribution in [0.3, 0.4) is 0 Å². The van der Waals surface area contributed by atoms with Gasteiger partial charge < -0.3 is 25.1 Å². The minimum atomic E-state index is -4.37. The Kier molecular flexibility index (Phi) is 19.6. The molecule has 0 saturated heterocycles. The standard InChI is InChI=1S/C34H33N5O6S.C31H27N5O6S/c1-22(41)19-24(21-40)35-31(42)20-39-29-16-8-7-13-27(29)32(23-11-5-4-6-12-23)36-33(34(39)43)37-46(44,45)30-18-10-14-25-26(30)15-9-17-28(25)38(2)3;1-20(38)17-23(19-37)33-27(39)18-36-25-14-6-5-13-24(25)28(21-9-3-2-4-10-21)34-30(31(36)40)35-43(41,42)26-15-7-11-22-12-8-16-32-29(22)26/h4-18,21,24,33,37H,19-20H2,1-3H3,(H,35,42);2-16,19,23,30,35H,17-18H2,1H3,(H,33,39)/t24-,33?;23-,30?/m00/s1. The molecule has 4 atom stereocenters. The number of hydrogen-bond donors (Lipinski definition) is 4. The van der Waals surface area contributed by atoms with Crippen molar-refractivity contribution in [3.63, 3.8) is 0 Å². The van der Waals surface area contributed by atoms with Crippen molar-refractivity contribution >= 4 is 118 Å². The number of fused-ring (bicyclic) bond motifs is 4. The Labute approximate surface area is 512 Å². The lowest BCUT2D eigenvalue weighted by atomic mass is 10.0. The highest BCUT2D eigenvalue weighted by Crippen LogP contribution is 2.34. The van der Waals surface area contributed by atoms with Gasteiger partial charge in [0.15, 0.2) is 12.3 Å². The number of pyridine rings is 1. The molecule has 2 unspecified atom stereocenters. The van der Waals surface area contributed by atoms with Gasteiger partial charge in [-0.3, -0.25) is 53.5 Å². The molecule has 0 radical (unpaired) electrons. The fourth-order valence-corrected chi connectivity index (χ4v) is 12.8. The number of ketones is 2. The van der Waals surface area contributed by atoms with Crippen LogP contribution in [0.25, 0.3) is 21.7 Å². The van der Waals surface area contributed by atoms with Gasteiger partial charge in [0.05, 0.1) is 45.3 Å². The second kappa shape index (κ2) is 27.6. The summed E-state index contributed by atoms with van der Waals surface area (Å²) in [7, 11) is -5.02. The average Bonchev–Trinajstić information content (AvgIpc) is 1.92. The Morgan fingerprint density at radius 1 is 0.528 bits per heavy atom. The molecule has 3 heterocycles. The summed E-state index contributed by atoms with van der Waals surface area (Å²) < 4.78 is 60.6. The van der Waals surface area contributed by atoms with E-state index in [2.05, 4.69) is 35.0 Å². The Morgan fingerprint density at radius 3 is 1.44 bits per heavy atom. The van der Waals surface area contributed by atoms with Crippen molar-refractivity contribution in [3.05, 3.63) is 204 Å². The molecular weight excluding hydrogens is 1180 g/mol. The van der Waals surface area contributed by atoms with E-state index in [1.54, 1.807) is 140 Å². The highest BCUT2D eigenvalue weighted by Gasteiger charge is 2.39. The monoisotopic (exact) mass is 1240 g/mol. The van der Waals surface area contributed by atoms with Crippen LogP contribution < -0.4 is 34.8 Å². The van der Waals surface area contributed by atoms with Crippen molar-refractivity contribution in [1.82, 2.24) is 25.1 Å². The number of aldehydes is 2. The number of carbonyl (C=O) groups is 8. The van der Waals surface area contributed by atoms with Crippen molar-refractivity contribution in [3.8, 4) is 0 Å². The largest absolute Gasteiger partial charge is 0.377 e. The topological polar surface area (TPSA) is 300 Å². The van der Waals surface area contributed by atoms with E-state index in [9.17, 15) is 55.2 Å². The number of benzene rings is 7. The first-order chi connectivity index (χ1) is 42.7. The van der Waals surface area contributed by atoms with Gasteiger partial charge in [0.1, 0.15) is 42.1 Å². The van der Waals surface area contributed by atoms with E-state index in [0.717, 1.165) is 15.5 Å². The number of Topliss-reactive ketones (excluding diaryl/α,β-unsaturated/α-hetero) is 2. The molecule has 0 fully saturated rings. The third-order valence-corrected chi connectivity index (χ3v) is 17.1. The third kappa shape index (κ3) is 14.6. The van der Waals surface area contributed by atoms with E-state index in [-0.39, 0.29) is 39.7 Å². The second-order valence-electron chi connectivity index (χ2n) is 20.9. The quantitative estimate of drug-likeness (QED) is 0.0652. The SMILES string of the molecule is CC(=O)C[C@@H](C=O)NC(=O)CN1C(=O)C(NS(=O)(=O)c2cccc3c(N(C)C)cccc23)N=C(c2ccccc2)c2ccccc21.CC(=O)C[C@@H](C=O)NC(=O)CN1C(=O)C(NS(=O)(=O)c2cccc3cccnc23)N=C(c2ccccc2)c2ccccc21. The molecule has 7 aromatic carbocycles. The van der Waals surface area contributed by atoms with E-state index in [0.29, 0.717) is 73.8 Å². The molecule has 0 aliphatic carbocycles. The molecule has 10 rings (SSSR count). The summed E-state index contributed by atoms with van der Waals surface area (Å²) in [4.78, 5) is 118. The van der Waals surface area contributed by atoms with E-state index >= 15 is 0 Å². The summed E-state index contributed by atoms with van der Waals surface area (Å²) in [6.45, 7) is 1.47. The zero-order chi connectivity index (χ0) is 63.6. The predicted octanol–water partition coefficient (Wildman–Crippen LogP) is 5.44. The molecule has 0 spiro atoms. The molecule has 4 amide bonds. The van der Waals surface area contributed by atoms with Crippen LogP contribution in [0.4, 0.5) is 17.1 Å². The molecule has 1 aromatic heterocycles. The maximum Gasteiger partial charge on any atom is 0.268 e. The number of anilines is 3. The van der Waals surface area contributed by atoms with Crippen LogP contribution >= 0.6 is 0 Å². The van der Waals surface area contributed by atoms with Crippen LogP contribution in [-0.2, 0) is 58.4 Å². The van der Waals surface area contributed by atoms with Gasteiger partial charge in [-0.15, -0.1) is 0 Å². The third-order valence-electron chi connectivity index (χ3n) is 14.2. The second-order valence-corrected chi connectivity index (χ2v) is 24.3. The van der Waals surface area contributed by atoms with Gasteiger partial charge >= 0.3 is 0 Å². The zero-order valence-electron chi connectivity index (χ0n) is 48.5. The van der Waals surface area contributed by atoms with Gasteiger partial charge in [0.2, 0.25) is 31.9 Å². The van der Waals surface area contributed by atoms with Crippen molar-refractivity contribution in [2.24, 2.45) is 9.98 Å². The fraction of sp³-hybridized carbons (Fsp3) is 0.185. The van der Waals surface area contributed by atoms with Gasteiger partial charge in [0, 0.05) is 77.2 Å². The lowest BCUT2D eigenvalue weighted by Crippen LogP contribution is -2.51. The van der Waals surface area contributed by atoms with E-state index in [4.69, 9.17) is 0 Å². The first-order valence-electron chi connectivity index (χ1n) is 27.8. The lowest BCUT2D eigenvalue weighted by molar-refractivity contribution is -0.126. The summed E-state index contributed by atoms with van der Waals surface area (Å²) in [5.74, 6) is -3.65. The molecular formula is C65H60N10O12S2. The predicted molar refractivity (Wildman–Crippen MR) is 337 cm³/mol. The van der Waals surface area contributed by atoms with Crippen molar-refractivity contribution in [2.45, 2.75) is 60.9 Å². The molecule has 0 saturated carbocycles. The number of nitrogens with one attached hydrogen (secondary N) is 4. The molecule has 0 bridgehead atoms. The molecule has 24 heteroatoms. The van der Waals surface area contributed by atoms with Gasteiger partial charge in [0.25, 0.3) is 11.8 Å². The van der Waals surface area contributed by atoms with Gasteiger partial charge in [-0.2, -0.15) is 9.44 Å². The molecule has 8 aromatic rings. The highest BCUT2D eigenvalue weighted by molar-refractivity contribution is 7.90. The summed E-state index contributed by atoms with van der Waals surface area (Å²) in [5, 5.41) is 6.70. The van der Waals surface area contributed by atoms with Crippen molar-refractivity contribution in [1.29, 1.82) is 0 Å². The first-order valence-corrected chi connectivity index (χ1v) is 30.8. The Hall–Kier alpha value is -10.3. The first kappa shape index (κ1) is 63.2. The summed E-state index contributed by atoms with van der Waals surface area (Å²) in [6, 6.07) is 47.7. The van der Waals surface area contributed by atoms with Crippen LogP contribution in [0.5, 0.6) is 0 Å². The Bertz CT molecular complexity index is 4370. The lowest BCUT2D eigenvalue weighted by Gasteiger charge is -2.25. The normalized spacial score (nSPS) is 15.5. The molecule has 4 N–H and O–H groups in total. The minimum Gasteiger partial charge on any atom is -0.377 e. The number of aromatic nitrogens is 1. The van der Waals surface area contributed by atoms with E-state index < -0.39 is 81.2 Å². The Morgan fingerprint density at radius 2 is 0.955 bits per heavy atom. The number of rotatable bonds is 21. The number of aliphatic imine (C=N–C) groups is 2. The Balaban J connectivity index is 0.000000212. The van der Waals surface area contributed by atoms with Crippen LogP contribution in [0.15, 0.2) is 202 Å². The smallest absolute Gasteiger partial charge is 0.268 e. The fourth-order valence-electron chi connectivity index (χ4n) is 10.3. The zero-order valence-corrected chi connectivity index (χ0v) is 50.1. The van der Waals surface area contributed by atoms with Crippen LogP contribution in [-0.4, -0.2) is 133 Å². The van der Waals surface area contributed by atoms with Gasteiger partial charge in [-0.1, -0.05) is 140 Å². The maximum absolute atomic E-state index is 14.3. The molecule has 89 heavy (non-hydrogen) atoms. The molecule has 2 aliphatic heterocycles. The highest BCUT2D eigenvalue weighted by atomic mass is 32.2. The summed E-state index contributed by atoms with van der Waals surface area (Å²) >= 11 is 0. The number of hydrogen-bond acceptors (Lipinski definition) is 16. The minimum absolute atomic E-state index is 0.0397. The van der Waals surface area contributed by atoms with Crippen LogP contribution in [0.2, 0.25) is 0 Å². The van der Waals surface area contributed by atoms with Gasteiger partial charge in [-0.25, -0.2) is 16.8 Å². The van der Waals surface area contributed by atoms with Crippen LogP contribution in [0, 0.1) is 0 Å². The number of carbonyl (C=O) groups excluding carboxylic acids is 8. The van der Waals surface area contributed by atoms with Crippen molar-refractivity contribution in [2.75, 3.05) is 41.9 Å². The summed E-state index contributed by atoms with van der Waals surface area (Å²) in [6.07, 6.45) is -1.36.